The first kappa shape index (κ1) is 24.1. The van der Waals surface area contributed by atoms with E-state index in [2.05, 4.69) is 25.7 Å². The maximum atomic E-state index is 11.9. The van der Waals surface area contributed by atoms with Crippen LogP contribution in [0, 0.1) is 5.92 Å². The van der Waals surface area contributed by atoms with Crippen molar-refractivity contribution in [2.75, 3.05) is 31.6 Å². The SMILES string of the molecule is O=C(/C=C/c1cnc(N[C@@H]2CCCN(CC3CCCCCC3)C2)cn1)NOC1CCCCO1. The Morgan fingerprint density at radius 1 is 1.06 bits per heavy atom. The average molecular weight is 458 g/mol. The number of carbonyl (C=O) groups is 1. The Morgan fingerprint density at radius 3 is 2.67 bits per heavy atom. The number of amides is 1. The Morgan fingerprint density at radius 2 is 1.91 bits per heavy atom. The van der Waals surface area contributed by atoms with Gasteiger partial charge in [0, 0.05) is 38.2 Å². The first-order valence-corrected chi connectivity index (χ1v) is 12.8. The summed E-state index contributed by atoms with van der Waals surface area (Å²) < 4.78 is 5.42. The van der Waals surface area contributed by atoms with Gasteiger partial charge in [0.1, 0.15) is 5.82 Å². The second kappa shape index (κ2) is 13.0. The van der Waals surface area contributed by atoms with Gasteiger partial charge in [0.2, 0.25) is 0 Å². The molecule has 1 aromatic heterocycles. The summed E-state index contributed by atoms with van der Waals surface area (Å²) >= 11 is 0. The van der Waals surface area contributed by atoms with Gasteiger partial charge in [0.25, 0.3) is 5.91 Å². The van der Waals surface area contributed by atoms with E-state index in [1.54, 1.807) is 18.5 Å². The maximum Gasteiger partial charge on any atom is 0.267 e. The number of hydrogen-bond donors (Lipinski definition) is 2. The number of aromatic nitrogens is 2. The molecule has 2 saturated heterocycles. The Bertz CT molecular complexity index is 743. The number of anilines is 1. The fourth-order valence-electron chi connectivity index (χ4n) is 5.08. The number of piperidine rings is 1. The second-order valence-corrected chi connectivity index (χ2v) is 9.64. The largest absolute Gasteiger partial charge is 0.365 e. The van der Waals surface area contributed by atoms with Crippen LogP contribution in [0.3, 0.4) is 0 Å². The van der Waals surface area contributed by atoms with Crippen molar-refractivity contribution in [2.24, 2.45) is 5.92 Å². The van der Waals surface area contributed by atoms with E-state index in [0.717, 1.165) is 44.0 Å². The summed E-state index contributed by atoms with van der Waals surface area (Å²) in [6, 6.07) is 0.408. The highest BCUT2D eigenvalue weighted by atomic mass is 16.8. The highest BCUT2D eigenvalue weighted by molar-refractivity contribution is 5.90. The zero-order valence-electron chi connectivity index (χ0n) is 19.7. The average Bonchev–Trinajstić information content (AvgIpc) is 3.12. The van der Waals surface area contributed by atoms with E-state index in [9.17, 15) is 4.79 Å². The summed E-state index contributed by atoms with van der Waals surface area (Å²) in [5.41, 5.74) is 3.04. The van der Waals surface area contributed by atoms with Crippen LogP contribution >= 0.6 is 0 Å². The molecule has 1 aromatic rings. The normalized spacial score (nSPS) is 25.6. The number of ether oxygens (including phenoxy) is 1. The topological polar surface area (TPSA) is 88.6 Å². The monoisotopic (exact) mass is 457 g/mol. The van der Waals surface area contributed by atoms with Gasteiger partial charge < -0.3 is 15.0 Å². The van der Waals surface area contributed by atoms with Crippen molar-refractivity contribution in [1.29, 1.82) is 0 Å². The second-order valence-electron chi connectivity index (χ2n) is 9.64. The van der Waals surface area contributed by atoms with Crippen LogP contribution in [0.5, 0.6) is 0 Å². The first-order chi connectivity index (χ1) is 16.2. The lowest BCUT2D eigenvalue weighted by Gasteiger charge is -2.35. The third kappa shape index (κ3) is 8.36. The van der Waals surface area contributed by atoms with Gasteiger partial charge in [-0.05, 0) is 57.1 Å². The van der Waals surface area contributed by atoms with E-state index in [1.807, 2.05) is 0 Å². The highest BCUT2D eigenvalue weighted by Crippen LogP contribution is 2.25. The molecule has 33 heavy (non-hydrogen) atoms. The number of hydrogen-bond acceptors (Lipinski definition) is 7. The van der Waals surface area contributed by atoms with E-state index in [-0.39, 0.29) is 12.2 Å². The molecule has 2 N–H and O–H groups in total. The Kier molecular flexibility index (Phi) is 9.50. The predicted octanol–water partition coefficient (Wildman–Crippen LogP) is 3.91. The standard InChI is InChI=1S/C25H39N5O3/c31-24(29-33-25-11-5-6-15-32-25)13-12-21-16-27-23(17-26-21)28-22-10-7-14-30(19-22)18-20-8-3-1-2-4-9-20/h12-13,16-17,20,22,25H,1-11,14-15,18-19H2,(H,27,28)(H,29,31)/b13-12+/t22-,25?/m1/s1. The van der Waals surface area contributed by atoms with Gasteiger partial charge in [-0.1, -0.05) is 25.7 Å². The fraction of sp³-hybridized carbons (Fsp3) is 0.720. The van der Waals surface area contributed by atoms with Crippen LogP contribution in [0.25, 0.3) is 6.08 Å². The van der Waals surface area contributed by atoms with Gasteiger partial charge >= 0.3 is 0 Å². The van der Waals surface area contributed by atoms with Gasteiger partial charge in [0.05, 0.1) is 18.1 Å². The molecule has 3 heterocycles. The number of nitrogens with zero attached hydrogens (tertiary/aromatic N) is 3. The van der Waals surface area contributed by atoms with Crippen LogP contribution in [0.2, 0.25) is 0 Å². The summed E-state index contributed by atoms with van der Waals surface area (Å²) in [7, 11) is 0. The molecule has 1 amide bonds. The number of nitrogens with one attached hydrogen (secondary N) is 2. The van der Waals surface area contributed by atoms with Crippen LogP contribution < -0.4 is 10.8 Å². The van der Waals surface area contributed by atoms with Crippen LogP contribution in [0.15, 0.2) is 18.5 Å². The van der Waals surface area contributed by atoms with E-state index in [4.69, 9.17) is 9.57 Å². The van der Waals surface area contributed by atoms with Crippen molar-refractivity contribution in [1.82, 2.24) is 20.3 Å². The van der Waals surface area contributed by atoms with Crippen molar-refractivity contribution in [2.45, 2.75) is 83.0 Å². The van der Waals surface area contributed by atoms with Crippen LogP contribution in [0.4, 0.5) is 5.82 Å². The van der Waals surface area contributed by atoms with Crippen molar-refractivity contribution < 1.29 is 14.4 Å². The van der Waals surface area contributed by atoms with Crippen molar-refractivity contribution in [3.05, 3.63) is 24.2 Å². The molecular formula is C25H39N5O3. The van der Waals surface area contributed by atoms with E-state index < -0.39 is 0 Å². The van der Waals surface area contributed by atoms with Crippen molar-refractivity contribution in [3.63, 3.8) is 0 Å². The van der Waals surface area contributed by atoms with Crippen molar-refractivity contribution in [3.8, 4) is 0 Å². The zero-order chi connectivity index (χ0) is 22.7. The van der Waals surface area contributed by atoms with Gasteiger partial charge in [-0.3, -0.25) is 9.78 Å². The van der Waals surface area contributed by atoms with Gasteiger partial charge in [-0.15, -0.1) is 0 Å². The predicted molar refractivity (Wildman–Crippen MR) is 128 cm³/mol. The molecular weight excluding hydrogens is 418 g/mol. The molecule has 0 aromatic carbocycles. The minimum atomic E-state index is -0.357. The molecule has 8 heteroatoms. The minimum absolute atomic E-state index is 0.343. The summed E-state index contributed by atoms with van der Waals surface area (Å²) in [6.07, 6.45) is 19.8. The summed E-state index contributed by atoms with van der Waals surface area (Å²) in [4.78, 5) is 28.8. The number of rotatable bonds is 8. The molecule has 0 bridgehead atoms. The third-order valence-corrected chi connectivity index (χ3v) is 6.85. The maximum absolute atomic E-state index is 11.9. The fourth-order valence-corrected chi connectivity index (χ4v) is 5.08. The Balaban J connectivity index is 1.19. The van der Waals surface area contributed by atoms with Gasteiger partial charge in [-0.25, -0.2) is 15.3 Å². The molecule has 3 aliphatic rings. The molecule has 182 valence electrons. The van der Waals surface area contributed by atoms with E-state index in [0.29, 0.717) is 18.3 Å². The van der Waals surface area contributed by atoms with E-state index >= 15 is 0 Å². The first-order valence-electron chi connectivity index (χ1n) is 12.8. The molecule has 1 unspecified atom stereocenters. The smallest absolute Gasteiger partial charge is 0.267 e. The molecule has 3 fully saturated rings. The molecule has 0 radical (unpaired) electrons. The zero-order valence-corrected chi connectivity index (χ0v) is 19.7. The molecule has 2 atom stereocenters. The highest BCUT2D eigenvalue weighted by Gasteiger charge is 2.23. The van der Waals surface area contributed by atoms with Gasteiger partial charge in [-0.2, -0.15) is 0 Å². The van der Waals surface area contributed by atoms with Crippen LogP contribution in [-0.2, 0) is 14.4 Å². The molecule has 2 aliphatic heterocycles. The molecule has 1 saturated carbocycles. The lowest BCUT2D eigenvalue weighted by atomic mass is 9.97. The Hall–Kier alpha value is -2.03. The molecule has 0 spiro atoms. The Labute approximate surface area is 197 Å². The minimum Gasteiger partial charge on any atom is -0.365 e. The number of carbonyl (C=O) groups excluding carboxylic acids is 1. The van der Waals surface area contributed by atoms with Crippen molar-refractivity contribution >= 4 is 17.8 Å². The summed E-state index contributed by atoms with van der Waals surface area (Å²) in [5.74, 6) is 1.31. The lowest BCUT2D eigenvalue weighted by Crippen LogP contribution is -2.44. The lowest BCUT2D eigenvalue weighted by molar-refractivity contribution is -0.198. The molecule has 8 nitrogen and oxygen atoms in total. The number of likely N-dealkylation sites (tertiary alicyclic amines) is 1. The quantitative estimate of drug-likeness (QED) is 0.348. The van der Waals surface area contributed by atoms with Crippen LogP contribution in [0.1, 0.15) is 76.3 Å². The molecule has 4 rings (SSSR count). The summed E-state index contributed by atoms with van der Waals surface area (Å²) in [6.45, 7) is 4.20. The molecule has 1 aliphatic carbocycles. The van der Waals surface area contributed by atoms with Crippen LogP contribution in [-0.4, -0.2) is 59.3 Å². The number of hydroxylamine groups is 1. The van der Waals surface area contributed by atoms with E-state index in [1.165, 1.54) is 64.1 Å². The third-order valence-electron chi connectivity index (χ3n) is 6.85. The summed E-state index contributed by atoms with van der Waals surface area (Å²) in [5, 5.41) is 3.56. The van der Waals surface area contributed by atoms with Gasteiger partial charge in [0.15, 0.2) is 6.29 Å².